The van der Waals surface area contributed by atoms with Crippen LogP contribution in [0.3, 0.4) is 0 Å². The van der Waals surface area contributed by atoms with E-state index in [9.17, 15) is 31.6 Å². The summed E-state index contributed by atoms with van der Waals surface area (Å²) in [6.07, 6.45) is -0.789. The number of anilines is 1. The molecule has 3 saturated carbocycles. The number of nitrogen functional groups attached to an aromatic ring is 1. The number of carbonyl (C=O) groups excluding carboxylic acids is 1. The van der Waals surface area contributed by atoms with E-state index in [1.165, 1.54) is 35.2 Å². The predicted octanol–water partition coefficient (Wildman–Crippen LogP) is 3.24. The summed E-state index contributed by atoms with van der Waals surface area (Å²) in [5, 5.41) is 13.3. The van der Waals surface area contributed by atoms with E-state index in [0.29, 0.717) is 40.8 Å². The third-order valence-electron chi connectivity index (χ3n) is 9.32. The molecule has 2 bridgehead atoms. The monoisotopic (exact) mass is 618 g/mol. The van der Waals surface area contributed by atoms with E-state index in [-0.39, 0.29) is 53.0 Å². The highest BCUT2D eigenvalue weighted by Gasteiger charge is 2.67. The largest absolute Gasteiger partial charge is 0.492 e. The van der Waals surface area contributed by atoms with E-state index in [1.54, 1.807) is 6.92 Å². The minimum absolute atomic E-state index is 0.0241. The third-order valence-corrected chi connectivity index (χ3v) is 11.1. The number of imidazole rings is 1. The van der Waals surface area contributed by atoms with Crippen molar-refractivity contribution in [2.24, 2.45) is 11.3 Å². The summed E-state index contributed by atoms with van der Waals surface area (Å²) in [5.41, 5.74) is 5.81. The molecule has 16 heteroatoms. The van der Waals surface area contributed by atoms with Crippen LogP contribution in [0, 0.1) is 29.6 Å². The number of halogens is 3. The van der Waals surface area contributed by atoms with Crippen LogP contribution in [0.25, 0.3) is 16.9 Å². The molecular formula is C27H29F3N8O4S. The maximum atomic E-state index is 14.2. The Labute approximate surface area is 245 Å². The molecular weight excluding hydrogens is 589 g/mol. The lowest BCUT2D eigenvalue weighted by Crippen LogP contribution is -2.71. The molecule has 3 heterocycles. The first-order valence-electron chi connectivity index (χ1n) is 13.7. The predicted molar refractivity (Wildman–Crippen MR) is 145 cm³/mol. The molecule has 0 amide bonds. The number of aryl methyl sites for hydroxylation is 1. The van der Waals surface area contributed by atoms with E-state index in [4.69, 9.17) is 10.6 Å². The van der Waals surface area contributed by atoms with Gasteiger partial charge in [-0.15, -0.1) is 0 Å². The standard InChI is InChI=1S/C27H29F3N8O4S/c1-16-4-5-19(8-20(16)21-10-33-23-22(32)34-15-35-37(21)23)43(40,41)38(42-24(39)27(28,29)30)26-7-3-6-25(13-26,14-26)17(2)36-11-18(9-31)12-36/h4-5,8,10,15,17-18H,3,6-7,11-14H2,1-2H3,(H2,32,34,35). The summed E-state index contributed by atoms with van der Waals surface area (Å²) in [4.78, 5) is 26.8. The van der Waals surface area contributed by atoms with Crippen molar-refractivity contribution in [3.63, 3.8) is 0 Å². The second-order valence-electron chi connectivity index (χ2n) is 11.9. The van der Waals surface area contributed by atoms with Gasteiger partial charge in [-0.2, -0.15) is 23.5 Å². The molecule has 2 aromatic heterocycles. The van der Waals surface area contributed by atoms with E-state index < -0.39 is 27.7 Å². The number of hydrogen-bond acceptors (Lipinski definition) is 10. The number of likely N-dealkylation sites (tertiary alicyclic amines) is 1. The van der Waals surface area contributed by atoms with Crippen molar-refractivity contribution in [1.82, 2.24) is 29.0 Å². The first-order chi connectivity index (χ1) is 20.2. The van der Waals surface area contributed by atoms with Gasteiger partial charge in [-0.1, -0.05) is 12.5 Å². The number of fused-ring (bicyclic) bond motifs is 3. The van der Waals surface area contributed by atoms with Gasteiger partial charge in [0, 0.05) is 24.7 Å². The highest BCUT2D eigenvalue weighted by atomic mass is 32.2. The second-order valence-corrected chi connectivity index (χ2v) is 13.6. The second kappa shape index (κ2) is 9.86. The Morgan fingerprint density at radius 3 is 2.65 bits per heavy atom. The first-order valence-corrected chi connectivity index (χ1v) is 15.2. The fraction of sp³-hybridized carbons (Fsp3) is 0.519. The number of rotatable bonds is 7. The molecule has 1 atom stereocenters. The lowest BCUT2D eigenvalue weighted by atomic mass is 9.47. The van der Waals surface area contributed by atoms with Gasteiger partial charge >= 0.3 is 12.1 Å². The molecule has 1 aromatic carbocycles. The van der Waals surface area contributed by atoms with Gasteiger partial charge in [-0.3, -0.25) is 4.90 Å². The van der Waals surface area contributed by atoms with Gasteiger partial charge in [0.2, 0.25) is 0 Å². The minimum Gasteiger partial charge on any atom is -0.381 e. The van der Waals surface area contributed by atoms with Crippen LogP contribution in [0.5, 0.6) is 0 Å². The number of aromatic nitrogens is 4. The minimum atomic E-state index is -5.41. The number of hydrogen-bond donors (Lipinski definition) is 1. The topological polar surface area (TPSA) is 160 Å². The molecule has 1 aliphatic heterocycles. The van der Waals surface area contributed by atoms with Crippen LogP contribution in [0.2, 0.25) is 0 Å². The molecule has 43 heavy (non-hydrogen) atoms. The fourth-order valence-electron chi connectivity index (χ4n) is 7.08. The number of sulfonamides is 1. The van der Waals surface area contributed by atoms with Crippen molar-refractivity contribution in [2.45, 2.75) is 68.6 Å². The van der Waals surface area contributed by atoms with Crippen LogP contribution in [0.1, 0.15) is 44.6 Å². The molecule has 3 aromatic rings. The number of nitrogens with zero attached hydrogens (tertiary/aromatic N) is 7. The molecule has 4 fully saturated rings. The maximum Gasteiger partial charge on any atom is 0.492 e. The average Bonchev–Trinajstić information content (AvgIpc) is 3.35. The Hall–Kier alpha value is -3.81. The quantitative estimate of drug-likeness (QED) is 0.390. The Kier molecular flexibility index (Phi) is 6.71. The SMILES string of the molecule is Cc1ccc(S(=O)(=O)N(OC(=O)C(F)(F)F)C23CCCC(C(C)N4CC(C#N)C4)(C2)C3)cc1-c1cnc2c(N)ncnn12. The van der Waals surface area contributed by atoms with Crippen LogP contribution in [-0.4, -0.2) is 74.2 Å². The van der Waals surface area contributed by atoms with Gasteiger partial charge in [0.15, 0.2) is 11.5 Å². The molecule has 0 spiro atoms. The van der Waals surface area contributed by atoms with Crippen molar-refractivity contribution < 1.29 is 31.2 Å². The Morgan fingerprint density at radius 2 is 1.98 bits per heavy atom. The highest BCUT2D eigenvalue weighted by Crippen LogP contribution is 2.64. The summed E-state index contributed by atoms with van der Waals surface area (Å²) in [6.45, 7) is 4.90. The molecule has 12 nitrogen and oxygen atoms in total. The number of nitrogens with two attached hydrogens (primary N) is 1. The van der Waals surface area contributed by atoms with Gasteiger partial charge in [0.05, 0.1) is 34.3 Å². The van der Waals surface area contributed by atoms with E-state index in [2.05, 4.69) is 26.0 Å². The fourth-order valence-corrected chi connectivity index (χ4v) is 8.68. The molecule has 1 saturated heterocycles. The van der Waals surface area contributed by atoms with E-state index in [1.807, 2.05) is 6.92 Å². The first kappa shape index (κ1) is 29.3. The van der Waals surface area contributed by atoms with Crippen molar-refractivity contribution in [3.8, 4) is 17.3 Å². The van der Waals surface area contributed by atoms with Crippen LogP contribution in [0.15, 0.2) is 35.6 Å². The third kappa shape index (κ3) is 4.61. The van der Waals surface area contributed by atoms with Crippen LogP contribution in [-0.2, 0) is 19.7 Å². The Morgan fingerprint density at radius 1 is 1.26 bits per heavy atom. The lowest BCUT2D eigenvalue weighted by molar-refractivity contribution is -0.264. The average molecular weight is 619 g/mol. The zero-order valence-electron chi connectivity index (χ0n) is 23.4. The van der Waals surface area contributed by atoms with Crippen molar-refractivity contribution >= 4 is 27.5 Å². The number of hydroxylamine groups is 1. The normalized spacial score (nSPS) is 25.1. The zero-order chi connectivity index (χ0) is 30.9. The molecule has 3 aliphatic carbocycles. The Balaban J connectivity index is 1.38. The molecule has 0 radical (unpaired) electrons. The van der Waals surface area contributed by atoms with Gasteiger partial charge in [-0.25, -0.2) is 27.7 Å². The van der Waals surface area contributed by atoms with Crippen molar-refractivity contribution in [2.75, 3.05) is 18.8 Å². The molecule has 228 valence electrons. The smallest absolute Gasteiger partial charge is 0.381 e. The summed E-state index contributed by atoms with van der Waals surface area (Å²) in [5.74, 6) is -2.58. The van der Waals surface area contributed by atoms with E-state index in [0.717, 1.165) is 6.42 Å². The Bertz CT molecular complexity index is 1760. The molecule has 4 aliphatic rings. The number of benzene rings is 1. The van der Waals surface area contributed by atoms with Crippen LogP contribution >= 0.6 is 0 Å². The number of nitriles is 1. The van der Waals surface area contributed by atoms with Crippen molar-refractivity contribution in [1.29, 1.82) is 5.26 Å². The summed E-state index contributed by atoms with van der Waals surface area (Å²) in [7, 11) is -4.80. The van der Waals surface area contributed by atoms with Gasteiger partial charge < -0.3 is 10.6 Å². The van der Waals surface area contributed by atoms with Crippen molar-refractivity contribution in [3.05, 3.63) is 36.3 Å². The number of alkyl halides is 3. The van der Waals surface area contributed by atoms with Crippen LogP contribution in [0.4, 0.5) is 19.0 Å². The molecule has 1 unspecified atom stereocenters. The number of carbonyl (C=O) groups is 1. The highest BCUT2D eigenvalue weighted by molar-refractivity contribution is 7.89. The van der Waals surface area contributed by atoms with E-state index >= 15 is 0 Å². The van der Waals surface area contributed by atoms with Gasteiger partial charge in [-0.05, 0) is 67.1 Å². The van der Waals surface area contributed by atoms with Gasteiger partial charge in [0.25, 0.3) is 10.0 Å². The van der Waals surface area contributed by atoms with Gasteiger partial charge in [0.1, 0.15) is 6.33 Å². The summed E-state index contributed by atoms with van der Waals surface area (Å²) < 4.78 is 70.5. The maximum absolute atomic E-state index is 14.2. The van der Waals surface area contributed by atoms with Crippen LogP contribution < -0.4 is 5.73 Å². The summed E-state index contributed by atoms with van der Waals surface area (Å²) in [6, 6.07) is 6.29. The molecule has 7 rings (SSSR count). The lowest BCUT2D eigenvalue weighted by Gasteiger charge is -2.66. The molecule has 2 N–H and O–H groups in total. The zero-order valence-corrected chi connectivity index (χ0v) is 24.2. The summed E-state index contributed by atoms with van der Waals surface area (Å²) >= 11 is 0.